The second-order valence-electron chi connectivity index (χ2n) is 5.04. The summed E-state index contributed by atoms with van der Waals surface area (Å²) in [6, 6.07) is 5.94. The van der Waals surface area contributed by atoms with Gasteiger partial charge in [0.1, 0.15) is 5.75 Å². The van der Waals surface area contributed by atoms with Gasteiger partial charge in [-0.05, 0) is 37.5 Å². The Morgan fingerprint density at radius 3 is 2.16 bits per heavy atom. The van der Waals surface area contributed by atoms with E-state index >= 15 is 0 Å². The molecule has 1 saturated carbocycles. The van der Waals surface area contributed by atoms with Crippen LogP contribution in [0.3, 0.4) is 0 Å². The van der Waals surface area contributed by atoms with Gasteiger partial charge in [-0.25, -0.2) is 4.79 Å². The Bertz CT molecular complexity index is 507. The van der Waals surface area contributed by atoms with Crippen LogP contribution in [-0.2, 0) is 15.1 Å². The van der Waals surface area contributed by atoms with Gasteiger partial charge >= 0.3 is 5.97 Å². The van der Waals surface area contributed by atoms with Gasteiger partial charge in [0, 0.05) is 13.0 Å². The summed E-state index contributed by atoms with van der Waals surface area (Å²) in [5.74, 6) is -1.25. The fourth-order valence-corrected chi connectivity index (χ4v) is 2.42. The summed E-state index contributed by atoms with van der Waals surface area (Å²) < 4.78 is 0. The van der Waals surface area contributed by atoms with Crippen LogP contribution in [0.4, 0.5) is 0 Å². The minimum atomic E-state index is -1.40. The highest BCUT2D eigenvalue weighted by molar-refractivity contribution is 5.87. The molecule has 5 nitrogen and oxygen atoms in total. The first-order chi connectivity index (χ1) is 8.87. The van der Waals surface area contributed by atoms with Gasteiger partial charge in [0.2, 0.25) is 5.91 Å². The molecule has 102 valence electrons. The molecule has 1 aliphatic rings. The number of benzene rings is 1. The third-order valence-corrected chi connectivity index (χ3v) is 3.58. The first-order valence-electron chi connectivity index (χ1n) is 6.20. The second kappa shape index (κ2) is 4.57. The summed E-state index contributed by atoms with van der Waals surface area (Å²) in [7, 11) is 0. The van der Waals surface area contributed by atoms with Crippen LogP contribution < -0.4 is 0 Å². The molecule has 1 aromatic carbocycles. The monoisotopic (exact) mass is 263 g/mol. The molecule has 1 aromatic rings. The van der Waals surface area contributed by atoms with E-state index in [2.05, 4.69) is 0 Å². The highest BCUT2D eigenvalue weighted by Crippen LogP contribution is 2.39. The first kappa shape index (κ1) is 13.4. The average Bonchev–Trinajstić information content (AvgIpc) is 3.13. The van der Waals surface area contributed by atoms with Gasteiger partial charge in [-0.3, -0.25) is 4.79 Å². The van der Waals surface area contributed by atoms with E-state index in [0.717, 1.165) is 12.8 Å². The van der Waals surface area contributed by atoms with Crippen LogP contribution in [0.1, 0.15) is 32.3 Å². The molecule has 5 heteroatoms. The minimum absolute atomic E-state index is 0.00703. The van der Waals surface area contributed by atoms with E-state index in [0.29, 0.717) is 5.56 Å². The molecule has 1 aliphatic carbocycles. The number of amides is 1. The van der Waals surface area contributed by atoms with E-state index in [4.69, 9.17) is 0 Å². The van der Waals surface area contributed by atoms with Crippen LogP contribution in [0.25, 0.3) is 0 Å². The first-order valence-corrected chi connectivity index (χ1v) is 6.20. The second-order valence-corrected chi connectivity index (χ2v) is 5.04. The molecule has 1 amide bonds. The Balaban J connectivity index is 2.49. The predicted octanol–water partition coefficient (Wildman–Crippen LogP) is 1.70. The van der Waals surface area contributed by atoms with Crippen molar-refractivity contribution in [1.29, 1.82) is 0 Å². The number of phenolic OH excluding ortho intramolecular Hbond substituents is 1. The van der Waals surface area contributed by atoms with E-state index < -0.39 is 11.5 Å². The third-order valence-electron chi connectivity index (χ3n) is 3.58. The lowest BCUT2D eigenvalue weighted by Crippen LogP contribution is -2.53. The van der Waals surface area contributed by atoms with Crippen molar-refractivity contribution in [1.82, 2.24) is 4.90 Å². The maximum absolute atomic E-state index is 11.8. The van der Waals surface area contributed by atoms with Crippen molar-refractivity contribution < 1.29 is 19.8 Å². The van der Waals surface area contributed by atoms with Gasteiger partial charge in [-0.1, -0.05) is 12.1 Å². The Morgan fingerprint density at radius 1 is 1.26 bits per heavy atom. The zero-order valence-electron chi connectivity index (χ0n) is 11.0. The van der Waals surface area contributed by atoms with Gasteiger partial charge in [-0.15, -0.1) is 0 Å². The lowest BCUT2D eigenvalue weighted by atomic mass is 9.89. The lowest BCUT2D eigenvalue weighted by molar-refractivity contribution is -0.159. The average molecular weight is 263 g/mol. The molecule has 0 saturated heterocycles. The number of rotatable bonds is 4. The van der Waals surface area contributed by atoms with Crippen LogP contribution in [0.5, 0.6) is 5.75 Å². The Kier molecular flexibility index (Phi) is 3.22. The van der Waals surface area contributed by atoms with E-state index in [1.807, 2.05) is 0 Å². The fraction of sp³-hybridized carbons (Fsp3) is 0.429. The standard InChI is InChI=1S/C14H17NO4/c1-9(16)15(11-5-6-11)14(2,13(18)19)10-3-7-12(17)8-4-10/h3-4,7-8,11,17H,5-6H2,1-2H3,(H,18,19). The lowest BCUT2D eigenvalue weighted by Gasteiger charge is -2.38. The number of carbonyl (C=O) groups is 2. The van der Waals surface area contributed by atoms with E-state index in [1.165, 1.54) is 30.9 Å². The molecule has 19 heavy (non-hydrogen) atoms. The van der Waals surface area contributed by atoms with Gasteiger partial charge in [-0.2, -0.15) is 0 Å². The highest BCUT2D eigenvalue weighted by Gasteiger charge is 2.49. The number of hydrogen-bond donors (Lipinski definition) is 2. The van der Waals surface area contributed by atoms with Crippen LogP contribution in [0.2, 0.25) is 0 Å². The zero-order chi connectivity index (χ0) is 14.2. The molecule has 1 atom stereocenters. The minimum Gasteiger partial charge on any atom is -0.508 e. The van der Waals surface area contributed by atoms with Crippen molar-refractivity contribution in [2.24, 2.45) is 0 Å². The maximum atomic E-state index is 11.8. The van der Waals surface area contributed by atoms with E-state index in [1.54, 1.807) is 12.1 Å². The molecule has 1 fully saturated rings. The number of carbonyl (C=O) groups excluding carboxylic acids is 1. The largest absolute Gasteiger partial charge is 0.508 e. The summed E-state index contributed by atoms with van der Waals surface area (Å²) in [6.45, 7) is 2.92. The van der Waals surface area contributed by atoms with Gasteiger partial charge in [0.25, 0.3) is 0 Å². The van der Waals surface area contributed by atoms with E-state index in [-0.39, 0.29) is 17.7 Å². The molecule has 2 N–H and O–H groups in total. The molecule has 2 rings (SSSR count). The molecule has 1 unspecified atom stereocenters. The fourth-order valence-electron chi connectivity index (χ4n) is 2.42. The molecular formula is C14H17NO4. The zero-order valence-corrected chi connectivity index (χ0v) is 11.0. The van der Waals surface area contributed by atoms with Crippen molar-refractivity contribution in [2.75, 3.05) is 0 Å². The summed E-state index contributed by atoms with van der Waals surface area (Å²) >= 11 is 0. The number of hydrogen-bond acceptors (Lipinski definition) is 3. The number of aromatic hydroxyl groups is 1. The van der Waals surface area contributed by atoms with Gasteiger partial charge in [0.15, 0.2) is 5.54 Å². The highest BCUT2D eigenvalue weighted by atomic mass is 16.4. The summed E-state index contributed by atoms with van der Waals surface area (Å²) in [5.41, 5.74) is -0.916. The van der Waals surface area contributed by atoms with Crippen molar-refractivity contribution in [2.45, 2.75) is 38.3 Å². The molecular weight excluding hydrogens is 246 g/mol. The number of carboxylic acids is 1. The van der Waals surface area contributed by atoms with Crippen LogP contribution in [0.15, 0.2) is 24.3 Å². The van der Waals surface area contributed by atoms with Crippen LogP contribution >= 0.6 is 0 Å². The Hall–Kier alpha value is -2.04. The number of phenols is 1. The van der Waals surface area contributed by atoms with E-state index in [9.17, 15) is 19.8 Å². The van der Waals surface area contributed by atoms with Crippen molar-refractivity contribution >= 4 is 11.9 Å². The van der Waals surface area contributed by atoms with Crippen LogP contribution in [0, 0.1) is 0 Å². The summed E-state index contributed by atoms with van der Waals surface area (Å²) in [4.78, 5) is 25.0. The molecule has 0 bridgehead atoms. The molecule has 0 radical (unpaired) electrons. The Labute approximate surface area is 111 Å². The van der Waals surface area contributed by atoms with Gasteiger partial charge < -0.3 is 15.1 Å². The van der Waals surface area contributed by atoms with Gasteiger partial charge in [0.05, 0.1) is 0 Å². The normalized spacial score (nSPS) is 17.6. The molecule has 0 spiro atoms. The molecule has 0 aliphatic heterocycles. The topological polar surface area (TPSA) is 77.8 Å². The molecule has 0 aromatic heterocycles. The van der Waals surface area contributed by atoms with Crippen LogP contribution in [-0.4, -0.2) is 33.0 Å². The van der Waals surface area contributed by atoms with Crippen molar-refractivity contribution in [3.05, 3.63) is 29.8 Å². The number of aliphatic carboxylic acids is 1. The van der Waals surface area contributed by atoms with Crippen molar-refractivity contribution in [3.8, 4) is 5.75 Å². The smallest absolute Gasteiger partial charge is 0.334 e. The Morgan fingerprint density at radius 2 is 1.79 bits per heavy atom. The number of nitrogens with zero attached hydrogens (tertiary/aromatic N) is 1. The predicted molar refractivity (Wildman–Crippen MR) is 68.6 cm³/mol. The third kappa shape index (κ3) is 2.28. The van der Waals surface area contributed by atoms with Crippen molar-refractivity contribution in [3.63, 3.8) is 0 Å². The summed E-state index contributed by atoms with van der Waals surface area (Å²) in [6.07, 6.45) is 1.67. The summed E-state index contributed by atoms with van der Waals surface area (Å²) in [5, 5.41) is 18.9. The quantitative estimate of drug-likeness (QED) is 0.866. The maximum Gasteiger partial charge on any atom is 0.334 e. The molecule has 0 heterocycles. The number of carboxylic acid groups (broad SMARTS) is 1. The SMILES string of the molecule is CC(=O)N(C1CC1)C(C)(C(=O)O)c1ccc(O)cc1.